The smallest absolute Gasteiger partial charge is 0.254 e. The number of halogens is 2. The molecule has 3 atom stereocenters. The number of primary amides is 1. The van der Waals surface area contributed by atoms with Crippen LogP contribution in [0.4, 0.5) is 0 Å². The number of likely N-dealkylation sites (tertiary alicyclic amines) is 2. The van der Waals surface area contributed by atoms with Gasteiger partial charge in [-0.15, -0.1) is 0 Å². The minimum Gasteiger partial charge on any atom is -0.493 e. The van der Waals surface area contributed by atoms with Crippen molar-refractivity contribution in [3.63, 3.8) is 0 Å². The van der Waals surface area contributed by atoms with E-state index >= 15 is 0 Å². The molecule has 8 nitrogen and oxygen atoms in total. The van der Waals surface area contributed by atoms with Crippen LogP contribution in [0.1, 0.15) is 54.1 Å². The standard InChI is InChI=1S/C35H41Cl2N3O5/c1-5-15-39-16-13-34(33(38)42,24-9-7-6-8-10-24)21-30(39)35(25-11-12-26(36)27(37)20-25)14-17-40(22-35)32(41)23-18-28(43-2)31(45-4)29(19-23)44-3/h6-12,18-20,30H,5,13-17,21-22H2,1-4H3,(H2,38,42). The summed E-state index contributed by atoms with van der Waals surface area (Å²) in [7, 11) is 4.58. The molecule has 2 heterocycles. The maximum atomic E-state index is 14.2. The average molecular weight is 655 g/mol. The Labute approximate surface area is 275 Å². The summed E-state index contributed by atoms with van der Waals surface area (Å²) in [4.78, 5) is 32.0. The number of benzene rings is 3. The second-order valence-corrected chi connectivity index (χ2v) is 12.8. The number of carbonyl (C=O) groups is 2. The van der Waals surface area contributed by atoms with E-state index in [0.717, 1.165) is 24.1 Å². The Morgan fingerprint density at radius 3 is 2.16 bits per heavy atom. The molecule has 5 rings (SSSR count). The highest BCUT2D eigenvalue weighted by atomic mass is 35.5. The molecule has 2 amide bonds. The van der Waals surface area contributed by atoms with Gasteiger partial charge in [0, 0.05) is 30.1 Å². The van der Waals surface area contributed by atoms with Crippen molar-refractivity contribution in [3.8, 4) is 17.2 Å². The van der Waals surface area contributed by atoms with Crippen molar-refractivity contribution in [2.45, 2.75) is 49.5 Å². The SMILES string of the molecule is CCCN1CCC(C(N)=O)(c2ccccc2)CC1C1(c2ccc(Cl)c(Cl)c2)CCN(C(=O)c2cc(OC)c(OC)c(OC)c2)C1. The maximum Gasteiger partial charge on any atom is 0.254 e. The molecule has 3 aromatic carbocycles. The van der Waals surface area contributed by atoms with E-state index < -0.39 is 10.8 Å². The summed E-state index contributed by atoms with van der Waals surface area (Å²) < 4.78 is 16.6. The molecule has 10 heteroatoms. The van der Waals surface area contributed by atoms with E-state index in [1.807, 2.05) is 53.4 Å². The number of piperidine rings is 1. The van der Waals surface area contributed by atoms with Gasteiger partial charge in [0.1, 0.15) is 0 Å². The number of amides is 2. The van der Waals surface area contributed by atoms with E-state index in [1.165, 1.54) is 21.3 Å². The van der Waals surface area contributed by atoms with Gasteiger partial charge in [0.2, 0.25) is 11.7 Å². The molecule has 2 aliphatic rings. The van der Waals surface area contributed by atoms with E-state index in [0.29, 0.717) is 71.8 Å². The lowest BCUT2D eigenvalue weighted by molar-refractivity contribution is -0.127. The number of rotatable bonds is 10. The van der Waals surface area contributed by atoms with Crippen LogP contribution < -0.4 is 19.9 Å². The van der Waals surface area contributed by atoms with Crippen LogP contribution in [0, 0.1) is 0 Å². The van der Waals surface area contributed by atoms with Crippen LogP contribution in [0.15, 0.2) is 60.7 Å². The molecule has 0 bridgehead atoms. The van der Waals surface area contributed by atoms with Gasteiger partial charge >= 0.3 is 0 Å². The molecule has 3 unspecified atom stereocenters. The van der Waals surface area contributed by atoms with E-state index in [9.17, 15) is 9.59 Å². The quantitative estimate of drug-likeness (QED) is 0.284. The highest BCUT2D eigenvalue weighted by Crippen LogP contribution is 2.50. The summed E-state index contributed by atoms with van der Waals surface area (Å²) in [5, 5.41) is 0.911. The Kier molecular flexibility index (Phi) is 9.87. The molecular formula is C35H41Cl2N3O5. The highest BCUT2D eigenvalue weighted by molar-refractivity contribution is 6.42. The Morgan fingerprint density at radius 1 is 0.889 bits per heavy atom. The van der Waals surface area contributed by atoms with Gasteiger partial charge in [-0.05, 0) is 74.2 Å². The first-order valence-corrected chi connectivity index (χ1v) is 16.0. The van der Waals surface area contributed by atoms with Crippen LogP contribution >= 0.6 is 23.2 Å². The van der Waals surface area contributed by atoms with Crippen molar-refractivity contribution in [2.24, 2.45) is 5.73 Å². The molecule has 45 heavy (non-hydrogen) atoms. The number of hydrogen-bond donors (Lipinski definition) is 1. The van der Waals surface area contributed by atoms with Crippen LogP contribution in [-0.4, -0.2) is 75.2 Å². The van der Waals surface area contributed by atoms with Crippen molar-refractivity contribution < 1.29 is 23.8 Å². The molecule has 2 saturated heterocycles. The van der Waals surface area contributed by atoms with E-state index in [2.05, 4.69) is 11.8 Å². The third-order valence-corrected chi connectivity index (χ3v) is 10.5. The summed E-state index contributed by atoms with van der Waals surface area (Å²) in [6.45, 7) is 4.61. The monoisotopic (exact) mass is 653 g/mol. The fraction of sp³-hybridized carbons (Fsp3) is 0.429. The molecular weight excluding hydrogens is 613 g/mol. The Hall–Kier alpha value is -3.46. The molecule has 2 fully saturated rings. The third kappa shape index (κ3) is 5.96. The van der Waals surface area contributed by atoms with Crippen molar-refractivity contribution in [1.82, 2.24) is 9.80 Å². The number of ether oxygens (including phenoxy) is 3. The molecule has 240 valence electrons. The number of methoxy groups -OCH3 is 3. The van der Waals surface area contributed by atoms with Gasteiger partial charge in [-0.1, -0.05) is 66.5 Å². The third-order valence-electron chi connectivity index (χ3n) is 9.75. The molecule has 0 saturated carbocycles. The minimum absolute atomic E-state index is 0.117. The van der Waals surface area contributed by atoms with Crippen LogP contribution in [0.25, 0.3) is 0 Å². The Balaban J connectivity index is 1.62. The summed E-state index contributed by atoms with van der Waals surface area (Å²) in [5.74, 6) is 0.751. The van der Waals surface area contributed by atoms with Gasteiger partial charge in [-0.2, -0.15) is 0 Å². The van der Waals surface area contributed by atoms with Gasteiger partial charge in [-0.3, -0.25) is 14.5 Å². The van der Waals surface area contributed by atoms with Gasteiger partial charge in [0.15, 0.2) is 11.5 Å². The zero-order valence-corrected chi connectivity index (χ0v) is 27.8. The van der Waals surface area contributed by atoms with Crippen molar-refractivity contribution in [3.05, 3.63) is 87.4 Å². The first-order valence-electron chi connectivity index (χ1n) is 15.3. The zero-order valence-electron chi connectivity index (χ0n) is 26.3. The first-order chi connectivity index (χ1) is 21.6. The second-order valence-electron chi connectivity index (χ2n) is 12.0. The fourth-order valence-corrected chi connectivity index (χ4v) is 7.73. The molecule has 2 N–H and O–H groups in total. The van der Waals surface area contributed by atoms with Crippen molar-refractivity contribution in [1.29, 1.82) is 0 Å². The number of hydrogen-bond acceptors (Lipinski definition) is 6. The molecule has 0 aliphatic carbocycles. The maximum absolute atomic E-state index is 14.2. The molecule has 3 aromatic rings. The van der Waals surface area contributed by atoms with Crippen molar-refractivity contribution >= 4 is 35.0 Å². The normalized spacial score (nSPS) is 23.5. The van der Waals surface area contributed by atoms with Gasteiger partial charge in [0.25, 0.3) is 5.91 Å². The Morgan fingerprint density at radius 2 is 1.58 bits per heavy atom. The van der Waals surface area contributed by atoms with E-state index in [4.69, 9.17) is 43.1 Å². The Bertz CT molecular complexity index is 1530. The highest BCUT2D eigenvalue weighted by Gasteiger charge is 2.55. The van der Waals surface area contributed by atoms with Crippen LogP contribution in [-0.2, 0) is 15.6 Å². The largest absolute Gasteiger partial charge is 0.493 e. The van der Waals surface area contributed by atoms with Gasteiger partial charge in [-0.25, -0.2) is 0 Å². The lowest BCUT2D eigenvalue weighted by Gasteiger charge is -2.52. The summed E-state index contributed by atoms with van der Waals surface area (Å²) in [6.07, 6.45) is 2.74. The van der Waals surface area contributed by atoms with Gasteiger partial charge < -0.3 is 24.8 Å². The fourth-order valence-electron chi connectivity index (χ4n) is 7.44. The minimum atomic E-state index is -0.854. The second kappa shape index (κ2) is 13.5. The topological polar surface area (TPSA) is 94.3 Å². The van der Waals surface area contributed by atoms with Crippen LogP contribution in [0.5, 0.6) is 17.2 Å². The molecule has 0 radical (unpaired) electrons. The average Bonchev–Trinajstić information content (AvgIpc) is 3.52. The zero-order chi connectivity index (χ0) is 32.4. The molecule has 0 spiro atoms. The van der Waals surface area contributed by atoms with Crippen LogP contribution in [0.3, 0.4) is 0 Å². The van der Waals surface area contributed by atoms with Gasteiger partial charge in [0.05, 0.1) is 36.8 Å². The van der Waals surface area contributed by atoms with E-state index in [1.54, 1.807) is 12.1 Å². The van der Waals surface area contributed by atoms with Crippen LogP contribution in [0.2, 0.25) is 10.0 Å². The number of nitrogens with zero attached hydrogens (tertiary/aromatic N) is 2. The summed E-state index contributed by atoms with van der Waals surface area (Å²) in [5.41, 5.74) is 7.20. The predicted octanol–water partition coefficient (Wildman–Crippen LogP) is 6.10. The molecule has 0 aromatic heterocycles. The van der Waals surface area contributed by atoms with E-state index in [-0.39, 0.29) is 17.9 Å². The summed E-state index contributed by atoms with van der Waals surface area (Å²) >= 11 is 13.0. The van der Waals surface area contributed by atoms with Crippen molar-refractivity contribution in [2.75, 3.05) is 47.5 Å². The summed E-state index contributed by atoms with van der Waals surface area (Å²) in [6, 6.07) is 18.8. The first kappa shape index (κ1) is 32.9. The number of carbonyl (C=O) groups excluding carboxylic acids is 2. The number of nitrogens with two attached hydrogens (primary N) is 1. The lowest BCUT2D eigenvalue weighted by Crippen LogP contribution is -2.61. The lowest BCUT2D eigenvalue weighted by atomic mass is 9.61. The predicted molar refractivity (Wildman–Crippen MR) is 177 cm³/mol. The molecule has 2 aliphatic heterocycles.